The zero-order valence-electron chi connectivity index (χ0n) is 12.8. The summed E-state index contributed by atoms with van der Waals surface area (Å²) in [5.74, 6) is 1.81. The number of nitrogens with zero attached hydrogens (tertiary/aromatic N) is 2. The van der Waals surface area contributed by atoms with Gasteiger partial charge in [-0.3, -0.25) is 0 Å². The number of aromatic nitrogens is 2. The molecular formula is C17H14Cl2N4O. The maximum absolute atomic E-state index is 6.14. The molecule has 0 aliphatic rings. The van der Waals surface area contributed by atoms with Crippen LogP contribution in [0.5, 0.6) is 5.75 Å². The van der Waals surface area contributed by atoms with Crippen molar-refractivity contribution in [3.8, 4) is 5.75 Å². The summed E-state index contributed by atoms with van der Waals surface area (Å²) in [6.45, 7) is 0. The lowest BCUT2D eigenvalue weighted by Crippen LogP contribution is -2.01. The minimum Gasteiger partial charge on any atom is -0.497 e. The Morgan fingerprint density at radius 1 is 1.00 bits per heavy atom. The highest BCUT2D eigenvalue weighted by molar-refractivity contribution is 6.35. The van der Waals surface area contributed by atoms with Crippen molar-refractivity contribution in [3.63, 3.8) is 0 Å². The molecule has 7 heteroatoms. The second kappa shape index (κ2) is 7.38. The van der Waals surface area contributed by atoms with E-state index in [1.807, 2.05) is 24.3 Å². The number of rotatable bonds is 5. The van der Waals surface area contributed by atoms with Crippen molar-refractivity contribution >= 4 is 46.3 Å². The van der Waals surface area contributed by atoms with Crippen LogP contribution in [0.15, 0.2) is 54.7 Å². The Morgan fingerprint density at radius 2 is 1.88 bits per heavy atom. The van der Waals surface area contributed by atoms with Gasteiger partial charge in [-0.1, -0.05) is 29.3 Å². The SMILES string of the molecule is COc1cccc(Nc2ccnc(Nc3cc(Cl)ccc3Cl)n2)c1. The smallest absolute Gasteiger partial charge is 0.229 e. The Bertz CT molecular complexity index is 857. The summed E-state index contributed by atoms with van der Waals surface area (Å²) in [7, 11) is 1.63. The van der Waals surface area contributed by atoms with Gasteiger partial charge in [0.05, 0.1) is 17.8 Å². The van der Waals surface area contributed by atoms with Crippen LogP contribution in [0.25, 0.3) is 0 Å². The van der Waals surface area contributed by atoms with Crippen LogP contribution in [0.3, 0.4) is 0 Å². The van der Waals surface area contributed by atoms with E-state index < -0.39 is 0 Å². The summed E-state index contributed by atoms with van der Waals surface area (Å²) < 4.78 is 5.21. The second-order valence-electron chi connectivity index (χ2n) is 4.87. The second-order valence-corrected chi connectivity index (χ2v) is 5.72. The van der Waals surface area contributed by atoms with Crippen molar-refractivity contribution in [1.82, 2.24) is 9.97 Å². The number of anilines is 4. The molecule has 2 N–H and O–H groups in total. The molecule has 0 atom stereocenters. The molecule has 24 heavy (non-hydrogen) atoms. The first kappa shape index (κ1) is 16.4. The van der Waals surface area contributed by atoms with Crippen LogP contribution >= 0.6 is 23.2 Å². The maximum atomic E-state index is 6.14. The van der Waals surface area contributed by atoms with Crippen LogP contribution in [0.1, 0.15) is 0 Å². The lowest BCUT2D eigenvalue weighted by atomic mass is 10.3. The summed E-state index contributed by atoms with van der Waals surface area (Å²) in [5, 5.41) is 7.37. The summed E-state index contributed by atoms with van der Waals surface area (Å²) in [4.78, 5) is 8.61. The average Bonchev–Trinajstić information content (AvgIpc) is 2.59. The molecule has 0 aliphatic carbocycles. The fraction of sp³-hybridized carbons (Fsp3) is 0.0588. The van der Waals surface area contributed by atoms with Crippen LogP contribution in [-0.4, -0.2) is 17.1 Å². The van der Waals surface area contributed by atoms with Gasteiger partial charge in [0.2, 0.25) is 5.95 Å². The Hall–Kier alpha value is -2.50. The van der Waals surface area contributed by atoms with E-state index in [9.17, 15) is 0 Å². The standard InChI is InChI=1S/C17H14Cl2N4O/c1-24-13-4-2-3-12(10-13)21-16-7-8-20-17(23-16)22-15-9-11(18)5-6-14(15)19/h2-10H,1H3,(H2,20,21,22,23). The minimum absolute atomic E-state index is 0.409. The van der Waals surface area contributed by atoms with Gasteiger partial charge < -0.3 is 15.4 Å². The predicted octanol–water partition coefficient (Wildman–Crippen LogP) is 5.28. The lowest BCUT2D eigenvalue weighted by Gasteiger charge is -2.10. The molecule has 0 aliphatic heterocycles. The molecule has 0 radical (unpaired) electrons. The van der Waals surface area contributed by atoms with E-state index in [2.05, 4.69) is 20.6 Å². The van der Waals surface area contributed by atoms with Crippen molar-refractivity contribution in [3.05, 3.63) is 64.8 Å². The quantitative estimate of drug-likeness (QED) is 0.648. The summed E-state index contributed by atoms with van der Waals surface area (Å²) >= 11 is 12.1. The number of halogens is 2. The number of methoxy groups -OCH3 is 1. The van der Waals surface area contributed by atoms with Crippen molar-refractivity contribution in [1.29, 1.82) is 0 Å². The Kier molecular flexibility index (Phi) is 5.03. The molecule has 122 valence electrons. The van der Waals surface area contributed by atoms with Crippen molar-refractivity contribution in [2.75, 3.05) is 17.7 Å². The highest BCUT2D eigenvalue weighted by Crippen LogP contribution is 2.28. The Balaban J connectivity index is 1.80. The first-order chi connectivity index (χ1) is 11.6. The van der Waals surface area contributed by atoms with Gasteiger partial charge in [0, 0.05) is 23.0 Å². The van der Waals surface area contributed by atoms with Gasteiger partial charge in [-0.2, -0.15) is 4.98 Å². The average molecular weight is 361 g/mol. The zero-order valence-corrected chi connectivity index (χ0v) is 14.3. The van der Waals surface area contributed by atoms with Gasteiger partial charge in [-0.25, -0.2) is 4.98 Å². The molecule has 0 amide bonds. The first-order valence-corrected chi connectivity index (χ1v) is 7.86. The molecule has 5 nitrogen and oxygen atoms in total. The van der Waals surface area contributed by atoms with Crippen LogP contribution < -0.4 is 15.4 Å². The predicted molar refractivity (Wildman–Crippen MR) is 98.1 cm³/mol. The van der Waals surface area contributed by atoms with E-state index in [4.69, 9.17) is 27.9 Å². The van der Waals surface area contributed by atoms with Gasteiger partial charge in [0.1, 0.15) is 11.6 Å². The molecule has 1 heterocycles. The van der Waals surface area contributed by atoms with Crippen LogP contribution in [0.2, 0.25) is 10.0 Å². The number of hydrogen-bond donors (Lipinski definition) is 2. The van der Waals surface area contributed by atoms with Gasteiger partial charge in [-0.15, -0.1) is 0 Å². The first-order valence-electron chi connectivity index (χ1n) is 7.10. The fourth-order valence-corrected chi connectivity index (χ4v) is 2.39. The highest BCUT2D eigenvalue weighted by Gasteiger charge is 2.05. The van der Waals surface area contributed by atoms with Crippen molar-refractivity contribution < 1.29 is 4.74 Å². The van der Waals surface area contributed by atoms with Crippen LogP contribution in [0, 0.1) is 0 Å². The third kappa shape index (κ3) is 4.07. The van der Waals surface area contributed by atoms with Gasteiger partial charge >= 0.3 is 0 Å². The van der Waals surface area contributed by atoms with Gasteiger partial charge in [0.25, 0.3) is 0 Å². The number of nitrogens with one attached hydrogen (secondary N) is 2. The summed E-state index contributed by atoms with van der Waals surface area (Å²) in [6, 6.07) is 14.5. The van der Waals surface area contributed by atoms with E-state index in [1.165, 1.54) is 0 Å². The molecule has 0 unspecified atom stereocenters. The maximum Gasteiger partial charge on any atom is 0.229 e. The third-order valence-electron chi connectivity index (χ3n) is 3.17. The summed E-state index contributed by atoms with van der Waals surface area (Å²) in [6.07, 6.45) is 1.65. The summed E-state index contributed by atoms with van der Waals surface area (Å²) in [5.41, 5.74) is 1.50. The molecule has 2 aromatic carbocycles. The number of ether oxygens (including phenoxy) is 1. The topological polar surface area (TPSA) is 59.1 Å². The molecule has 0 fully saturated rings. The Morgan fingerprint density at radius 3 is 2.71 bits per heavy atom. The monoisotopic (exact) mass is 360 g/mol. The number of benzene rings is 2. The molecule has 0 bridgehead atoms. The lowest BCUT2D eigenvalue weighted by molar-refractivity contribution is 0.415. The van der Waals surface area contributed by atoms with E-state index in [0.717, 1.165) is 11.4 Å². The molecule has 0 saturated carbocycles. The van der Waals surface area contributed by atoms with Gasteiger partial charge in [0.15, 0.2) is 0 Å². The van der Waals surface area contributed by atoms with E-state index in [0.29, 0.717) is 27.5 Å². The molecule has 3 aromatic rings. The fourth-order valence-electron chi connectivity index (χ4n) is 2.05. The number of hydrogen-bond acceptors (Lipinski definition) is 5. The molecule has 0 spiro atoms. The highest BCUT2D eigenvalue weighted by atomic mass is 35.5. The molecule has 1 aromatic heterocycles. The van der Waals surface area contributed by atoms with Crippen LogP contribution in [-0.2, 0) is 0 Å². The third-order valence-corrected chi connectivity index (χ3v) is 3.74. The molecule has 3 rings (SSSR count). The minimum atomic E-state index is 0.409. The van der Waals surface area contributed by atoms with E-state index in [1.54, 1.807) is 37.6 Å². The van der Waals surface area contributed by atoms with Crippen molar-refractivity contribution in [2.24, 2.45) is 0 Å². The van der Waals surface area contributed by atoms with Crippen LogP contribution in [0.4, 0.5) is 23.1 Å². The van der Waals surface area contributed by atoms with E-state index in [-0.39, 0.29) is 0 Å². The van der Waals surface area contributed by atoms with Crippen molar-refractivity contribution in [2.45, 2.75) is 0 Å². The molecule has 0 saturated heterocycles. The molecular weight excluding hydrogens is 347 g/mol. The van der Waals surface area contributed by atoms with E-state index >= 15 is 0 Å². The van der Waals surface area contributed by atoms with Gasteiger partial charge in [-0.05, 0) is 36.4 Å². The normalized spacial score (nSPS) is 10.3. The Labute approximate surface area is 149 Å². The zero-order chi connectivity index (χ0) is 16.9. The largest absolute Gasteiger partial charge is 0.497 e.